The Morgan fingerprint density at radius 3 is 2.82 bits per heavy atom. The molecule has 0 saturated heterocycles. The molecule has 0 saturated carbocycles. The number of nitrogens with zero attached hydrogens (tertiary/aromatic N) is 4. The molecule has 0 aliphatic rings. The van der Waals surface area contributed by atoms with Crippen molar-refractivity contribution in [1.82, 2.24) is 25.0 Å². The van der Waals surface area contributed by atoms with Crippen molar-refractivity contribution in [1.29, 1.82) is 0 Å². The molecule has 6 nitrogen and oxygen atoms in total. The summed E-state index contributed by atoms with van der Waals surface area (Å²) in [6.45, 7) is 2.95. The lowest BCUT2D eigenvalue weighted by Crippen LogP contribution is -2.31. The number of rotatable bonds is 5. The molecular formula is C11H18N6. The van der Waals surface area contributed by atoms with E-state index in [9.17, 15) is 0 Å². The third-order valence-electron chi connectivity index (χ3n) is 2.87. The Balaban J connectivity index is 2.12. The van der Waals surface area contributed by atoms with E-state index in [-0.39, 0.29) is 6.04 Å². The highest BCUT2D eigenvalue weighted by Crippen LogP contribution is 2.16. The van der Waals surface area contributed by atoms with Gasteiger partial charge in [-0.2, -0.15) is 10.2 Å². The summed E-state index contributed by atoms with van der Waals surface area (Å²) < 4.78 is 3.74. The first-order chi connectivity index (χ1) is 8.24. The summed E-state index contributed by atoms with van der Waals surface area (Å²) in [7, 11) is 1.91. The van der Waals surface area contributed by atoms with Crippen LogP contribution in [0.1, 0.15) is 24.2 Å². The fourth-order valence-electron chi connectivity index (χ4n) is 1.90. The molecule has 3 N–H and O–H groups in total. The van der Waals surface area contributed by atoms with E-state index in [1.807, 2.05) is 34.9 Å². The quantitative estimate of drug-likeness (QED) is 0.579. The highest BCUT2D eigenvalue weighted by molar-refractivity contribution is 5.13. The van der Waals surface area contributed by atoms with Crippen molar-refractivity contribution in [2.45, 2.75) is 25.9 Å². The minimum Gasteiger partial charge on any atom is -0.273 e. The van der Waals surface area contributed by atoms with Gasteiger partial charge in [0, 0.05) is 26.0 Å². The van der Waals surface area contributed by atoms with E-state index >= 15 is 0 Å². The van der Waals surface area contributed by atoms with Crippen LogP contribution in [0, 0.1) is 0 Å². The largest absolute Gasteiger partial charge is 0.273 e. The molecule has 0 aromatic carbocycles. The van der Waals surface area contributed by atoms with E-state index in [0.29, 0.717) is 0 Å². The third kappa shape index (κ3) is 2.54. The zero-order valence-corrected chi connectivity index (χ0v) is 10.2. The molecule has 0 radical (unpaired) electrons. The Kier molecular flexibility index (Phi) is 3.55. The molecule has 0 aliphatic carbocycles. The van der Waals surface area contributed by atoms with Crippen LogP contribution in [0.5, 0.6) is 0 Å². The second kappa shape index (κ2) is 5.11. The topological polar surface area (TPSA) is 73.7 Å². The van der Waals surface area contributed by atoms with Gasteiger partial charge in [0.1, 0.15) is 0 Å². The van der Waals surface area contributed by atoms with Crippen molar-refractivity contribution in [3.05, 3.63) is 35.9 Å². The maximum atomic E-state index is 5.60. The Morgan fingerprint density at radius 2 is 2.29 bits per heavy atom. The van der Waals surface area contributed by atoms with Gasteiger partial charge in [0.15, 0.2) is 0 Å². The molecule has 0 aliphatic heterocycles. The molecule has 2 aromatic rings. The fraction of sp³-hybridized carbons (Fsp3) is 0.455. The molecule has 1 atom stereocenters. The smallest absolute Gasteiger partial charge is 0.0670 e. The van der Waals surface area contributed by atoms with Crippen molar-refractivity contribution in [2.75, 3.05) is 0 Å². The van der Waals surface area contributed by atoms with E-state index in [2.05, 4.69) is 22.5 Å². The summed E-state index contributed by atoms with van der Waals surface area (Å²) in [5.74, 6) is 5.60. The zero-order valence-electron chi connectivity index (χ0n) is 10.2. The molecule has 1 unspecified atom stereocenters. The third-order valence-corrected chi connectivity index (χ3v) is 2.87. The number of nitrogens with one attached hydrogen (secondary N) is 1. The van der Waals surface area contributed by atoms with Crippen LogP contribution in [-0.4, -0.2) is 19.6 Å². The minimum atomic E-state index is 0.0528. The van der Waals surface area contributed by atoms with E-state index in [1.165, 1.54) is 0 Å². The number of hydrogen-bond acceptors (Lipinski definition) is 4. The van der Waals surface area contributed by atoms with Gasteiger partial charge in [0.25, 0.3) is 0 Å². The first-order valence-electron chi connectivity index (χ1n) is 5.70. The van der Waals surface area contributed by atoms with Gasteiger partial charge in [-0.3, -0.25) is 20.6 Å². The van der Waals surface area contributed by atoms with Crippen molar-refractivity contribution in [3.8, 4) is 0 Å². The van der Waals surface area contributed by atoms with Gasteiger partial charge >= 0.3 is 0 Å². The second-order valence-electron chi connectivity index (χ2n) is 4.01. The molecule has 0 amide bonds. The van der Waals surface area contributed by atoms with Crippen LogP contribution >= 0.6 is 0 Å². The van der Waals surface area contributed by atoms with E-state index < -0.39 is 0 Å². The van der Waals surface area contributed by atoms with Crippen molar-refractivity contribution >= 4 is 0 Å². The summed E-state index contributed by atoms with van der Waals surface area (Å²) in [6, 6.07) is 2.02. The molecule has 2 heterocycles. The molecule has 6 heteroatoms. The van der Waals surface area contributed by atoms with Gasteiger partial charge in [0.2, 0.25) is 0 Å². The Bertz CT molecular complexity index is 472. The summed E-state index contributed by atoms with van der Waals surface area (Å²) in [5.41, 5.74) is 5.05. The highest BCUT2D eigenvalue weighted by Gasteiger charge is 2.14. The Hall–Kier alpha value is -1.66. The van der Waals surface area contributed by atoms with Gasteiger partial charge in [-0.25, -0.2) is 0 Å². The molecule has 17 heavy (non-hydrogen) atoms. The molecule has 0 fully saturated rings. The summed E-state index contributed by atoms with van der Waals surface area (Å²) in [6.07, 6.45) is 6.50. The molecule has 2 rings (SSSR count). The lowest BCUT2D eigenvalue weighted by Gasteiger charge is -2.15. The van der Waals surface area contributed by atoms with Crippen LogP contribution in [0.3, 0.4) is 0 Å². The first kappa shape index (κ1) is 11.8. The SMILES string of the molecule is CCn1cc(CC(NN)c2ccnn2C)cn1. The van der Waals surface area contributed by atoms with Crippen LogP contribution in [0.15, 0.2) is 24.7 Å². The van der Waals surface area contributed by atoms with Crippen LogP contribution in [0.25, 0.3) is 0 Å². The summed E-state index contributed by atoms with van der Waals surface area (Å²) in [4.78, 5) is 0. The van der Waals surface area contributed by atoms with Crippen LogP contribution in [-0.2, 0) is 20.0 Å². The highest BCUT2D eigenvalue weighted by atomic mass is 15.3. The average molecular weight is 234 g/mol. The van der Waals surface area contributed by atoms with Crippen LogP contribution in [0.2, 0.25) is 0 Å². The molecular weight excluding hydrogens is 216 g/mol. The normalized spacial score (nSPS) is 12.9. The average Bonchev–Trinajstić information content (AvgIpc) is 2.95. The van der Waals surface area contributed by atoms with Crippen molar-refractivity contribution in [2.24, 2.45) is 12.9 Å². The molecule has 0 bridgehead atoms. The van der Waals surface area contributed by atoms with Crippen molar-refractivity contribution < 1.29 is 0 Å². The lowest BCUT2D eigenvalue weighted by molar-refractivity contribution is 0.508. The van der Waals surface area contributed by atoms with Gasteiger partial charge in [0.05, 0.1) is 17.9 Å². The maximum absolute atomic E-state index is 5.60. The number of hydrogen-bond donors (Lipinski definition) is 2. The van der Waals surface area contributed by atoms with Gasteiger partial charge < -0.3 is 0 Å². The van der Waals surface area contributed by atoms with Gasteiger partial charge in [-0.05, 0) is 25.0 Å². The number of aryl methyl sites for hydroxylation is 2. The molecule has 2 aromatic heterocycles. The monoisotopic (exact) mass is 234 g/mol. The summed E-state index contributed by atoms with van der Waals surface area (Å²) in [5, 5.41) is 8.40. The van der Waals surface area contributed by atoms with Crippen LogP contribution in [0.4, 0.5) is 0 Å². The molecule has 0 spiro atoms. The zero-order chi connectivity index (χ0) is 12.3. The predicted molar refractivity (Wildman–Crippen MR) is 64.9 cm³/mol. The van der Waals surface area contributed by atoms with Crippen molar-refractivity contribution in [3.63, 3.8) is 0 Å². The fourth-order valence-corrected chi connectivity index (χ4v) is 1.90. The standard InChI is InChI=1S/C11H18N6/c1-3-17-8-9(7-14-17)6-10(15-12)11-4-5-13-16(11)2/h4-5,7-8,10,15H,3,6,12H2,1-2H3. The van der Waals surface area contributed by atoms with Crippen LogP contribution < -0.4 is 11.3 Å². The minimum absolute atomic E-state index is 0.0528. The van der Waals surface area contributed by atoms with E-state index in [4.69, 9.17) is 5.84 Å². The second-order valence-corrected chi connectivity index (χ2v) is 4.01. The number of aromatic nitrogens is 4. The van der Waals surface area contributed by atoms with E-state index in [1.54, 1.807) is 6.20 Å². The van der Waals surface area contributed by atoms with Gasteiger partial charge in [-0.1, -0.05) is 0 Å². The Labute approximate surface area is 100 Å². The molecule has 92 valence electrons. The lowest BCUT2D eigenvalue weighted by atomic mass is 10.1. The van der Waals surface area contributed by atoms with E-state index in [0.717, 1.165) is 24.2 Å². The maximum Gasteiger partial charge on any atom is 0.0670 e. The number of nitrogens with two attached hydrogens (primary N) is 1. The number of hydrazine groups is 1. The predicted octanol–water partition coefficient (Wildman–Crippen LogP) is 0.384. The first-order valence-corrected chi connectivity index (χ1v) is 5.70. The van der Waals surface area contributed by atoms with Gasteiger partial charge in [-0.15, -0.1) is 0 Å². The Morgan fingerprint density at radius 1 is 1.47 bits per heavy atom. The summed E-state index contributed by atoms with van der Waals surface area (Å²) >= 11 is 0.